The first kappa shape index (κ1) is 12.8. The average molecular weight is 245 g/mol. The summed E-state index contributed by atoms with van der Waals surface area (Å²) in [7, 11) is 1.42. The van der Waals surface area contributed by atoms with E-state index >= 15 is 0 Å². The van der Waals surface area contributed by atoms with Gasteiger partial charge in [0.15, 0.2) is 0 Å². The highest BCUT2D eigenvalue weighted by atomic mass is 16.5. The van der Waals surface area contributed by atoms with Gasteiger partial charge in [-0.15, -0.1) is 0 Å². The Hall–Kier alpha value is -1.61. The van der Waals surface area contributed by atoms with Crippen molar-refractivity contribution in [1.82, 2.24) is 4.90 Å². The first-order valence-electron chi connectivity index (χ1n) is 6.31. The van der Waals surface area contributed by atoms with Gasteiger partial charge in [-0.25, -0.2) is 4.79 Å². The van der Waals surface area contributed by atoms with E-state index in [2.05, 4.69) is 33.9 Å². The van der Waals surface area contributed by atoms with Gasteiger partial charge >= 0.3 is 5.97 Å². The minimum Gasteiger partial charge on any atom is -0.466 e. The molecule has 0 unspecified atom stereocenters. The zero-order valence-electron chi connectivity index (χ0n) is 10.8. The molecule has 2 rings (SSSR count). The molecule has 96 valence electrons. The van der Waals surface area contributed by atoms with Crippen LogP contribution < -0.4 is 0 Å². The highest BCUT2D eigenvalue weighted by molar-refractivity contribution is 5.82. The molecule has 0 radical (unpaired) electrons. The normalized spacial score (nSPS) is 18.8. The van der Waals surface area contributed by atoms with Crippen molar-refractivity contribution in [1.29, 1.82) is 0 Å². The van der Waals surface area contributed by atoms with Gasteiger partial charge in [0, 0.05) is 19.2 Å². The molecule has 0 amide bonds. The van der Waals surface area contributed by atoms with Gasteiger partial charge in [-0.3, -0.25) is 4.90 Å². The predicted octanol–water partition coefficient (Wildman–Crippen LogP) is 2.38. The monoisotopic (exact) mass is 245 g/mol. The lowest BCUT2D eigenvalue weighted by Crippen LogP contribution is -2.31. The number of nitrogens with zero attached hydrogens (tertiary/aromatic N) is 1. The predicted molar refractivity (Wildman–Crippen MR) is 71.1 cm³/mol. The van der Waals surface area contributed by atoms with Crippen molar-refractivity contribution >= 4 is 5.97 Å². The second-order valence-electron chi connectivity index (χ2n) is 4.63. The van der Waals surface area contributed by atoms with Gasteiger partial charge in [-0.1, -0.05) is 30.3 Å². The van der Waals surface area contributed by atoms with Gasteiger partial charge in [0.05, 0.1) is 7.11 Å². The lowest BCUT2D eigenvalue weighted by molar-refractivity contribution is -0.134. The van der Waals surface area contributed by atoms with Crippen LogP contribution in [0, 0.1) is 0 Å². The van der Waals surface area contributed by atoms with Crippen molar-refractivity contribution in [2.24, 2.45) is 0 Å². The topological polar surface area (TPSA) is 29.5 Å². The molecular formula is C15H19NO2. The van der Waals surface area contributed by atoms with Crippen molar-refractivity contribution in [3.05, 3.63) is 47.5 Å². The van der Waals surface area contributed by atoms with Crippen LogP contribution in [0.2, 0.25) is 0 Å². The van der Waals surface area contributed by atoms with E-state index in [4.69, 9.17) is 0 Å². The zero-order valence-corrected chi connectivity index (χ0v) is 10.8. The summed E-state index contributed by atoms with van der Waals surface area (Å²) < 4.78 is 4.67. The Bertz CT molecular complexity index is 425. The molecule has 1 heterocycles. The maximum Gasteiger partial charge on any atom is 0.330 e. The number of carbonyl (C=O) groups is 1. The molecule has 3 nitrogen and oxygen atoms in total. The Kier molecular flexibility index (Phi) is 4.53. The number of esters is 1. The minimum absolute atomic E-state index is 0.244. The summed E-state index contributed by atoms with van der Waals surface area (Å²) in [6.07, 6.45) is 3.74. The van der Waals surface area contributed by atoms with Crippen LogP contribution in [0.25, 0.3) is 0 Å². The molecule has 1 aliphatic heterocycles. The third-order valence-electron chi connectivity index (χ3n) is 3.17. The van der Waals surface area contributed by atoms with E-state index < -0.39 is 0 Å². The summed E-state index contributed by atoms with van der Waals surface area (Å²) in [4.78, 5) is 13.6. The van der Waals surface area contributed by atoms with Crippen molar-refractivity contribution in [3.63, 3.8) is 0 Å². The molecule has 0 saturated carbocycles. The Labute approximate surface area is 108 Å². The third-order valence-corrected chi connectivity index (χ3v) is 3.17. The maximum absolute atomic E-state index is 11.2. The van der Waals surface area contributed by atoms with Crippen LogP contribution in [-0.4, -0.2) is 31.1 Å². The number of rotatable bonds is 3. The number of hydrogen-bond donors (Lipinski definition) is 0. The largest absolute Gasteiger partial charge is 0.466 e. The van der Waals surface area contributed by atoms with E-state index in [0.717, 1.165) is 32.5 Å². The fourth-order valence-corrected chi connectivity index (χ4v) is 2.30. The van der Waals surface area contributed by atoms with E-state index in [1.807, 2.05) is 6.07 Å². The molecule has 3 heteroatoms. The number of benzene rings is 1. The number of piperidine rings is 1. The minimum atomic E-state index is -0.244. The molecule has 1 aliphatic rings. The van der Waals surface area contributed by atoms with Crippen LogP contribution >= 0.6 is 0 Å². The van der Waals surface area contributed by atoms with Crippen LogP contribution in [0.1, 0.15) is 18.4 Å². The highest BCUT2D eigenvalue weighted by Gasteiger charge is 2.15. The van der Waals surface area contributed by atoms with E-state index in [9.17, 15) is 4.79 Å². The van der Waals surface area contributed by atoms with Gasteiger partial charge in [-0.05, 0) is 30.5 Å². The van der Waals surface area contributed by atoms with Crippen molar-refractivity contribution < 1.29 is 9.53 Å². The first-order chi connectivity index (χ1) is 8.78. The van der Waals surface area contributed by atoms with Crippen LogP contribution in [0.15, 0.2) is 42.0 Å². The summed E-state index contributed by atoms with van der Waals surface area (Å²) in [5.74, 6) is -0.244. The fourth-order valence-electron chi connectivity index (χ4n) is 2.30. The van der Waals surface area contributed by atoms with Crippen LogP contribution in [0.5, 0.6) is 0 Å². The molecule has 1 aromatic rings. The SMILES string of the molecule is COC(=O)/C=C1\CCCN(Cc2ccccc2)C1. The van der Waals surface area contributed by atoms with Crippen molar-refractivity contribution in [2.75, 3.05) is 20.2 Å². The second-order valence-corrected chi connectivity index (χ2v) is 4.63. The zero-order chi connectivity index (χ0) is 12.8. The van der Waals surface area contributed by atoms with E-state index in [-0.39, 0.29) is 5.97 Å². The number of likely N-dealkylation sites (tertiary alicyclic amines) is 1. The summed E-state index contributed by atoms with van der Waals surface area (Å²) in [5, 5.41) is 0. The quantitative estimate of drug-likeness (QED) is 0.605. The standard InChI is InChI=1S/C15H19NO2/c1-18-15(17)10-14-8-5-9-16(12-14)11-13-6-3-2-4-7-13/h2-4,6-7,10H,5,8-9,11-12H2,1H3/b14-10+. The van der Waals surface area contributed by atoms with Crippen LogP contribution in [0.4, 0.5) is 0 Å². The Morgan fingerprint density at radius 1 is 1.39 bits per heavy atom. The smallest absolute Gasteiger partial charge is 0.330 e. The number of hydrogen-bond acceptors (Lipinski definition) is 3. The molecular weight excluding hydrogens is 226 g/mol. The number of carbonyl (C=O) groups excluding carboxylic acids is 1. The molecule has 0 spiro atoms. The maximum atomic E-state index is 11.2. The fraction of sp³-hybridized carbons (Fsp3) is 0.400. The molecule has 0 N–H and O–H groups in total. The Balaban J connectivity index is 1.95. The molecule has 1 fully saturated rings. The highest BCUT2D eigenvalue weighted by Crippen LogP contribution is 2.17. The van der Waals surface area contributed by atoms with E-state index in [1.165, 1.54) is 18.2 Å². The van der Waals surface area contributed by atoms with Gasteiger partial charge in [-0.2, -0.15) is 0 Å². The van der Waals surface area contributed by atoms with Crippen molar-refractivity contribution in [3.8, 4) is 0 Å². The molecule has 1 saturated heterocycles. The average Bonchev–Trinajstić information content (AvgIpc) is 2.40. The van der Waals surface area contributed by atoms with Gasteiger partial charge in [0.2, 0.25) is 0 Å². The Morgan fingerprint density at radius 3 is 2.89 bits per heavy atom. The summed E-state index contributed by atoms with van der Waals surface area (Å²) in [5.41, 5.74) is 2.49. The Morgan fingerprint density at radius 2 is 2.17 bits per heavy atom. The molecule has 0 bridgehead atoms. The summed E-state index contributed by atoms with van der Waals surface area (Å²) in [6.45, 7) is 2.90. The van der Waals surface area contributed by atoms with Gasteiger partial charge in [0.25, 0.3) is 0 Å². The third kappa shape index (κ3) is 3.70. The molecule has 0 atom stereocenters. The summed E-state index contributed by atoms with van der Waals surface area (Å²) >= 11 is 0. The molecule has 18 heavy (non-hydrogen) atoms. The van der Waals surface area contributed by atoms with Crippen molar-refractivity contribution in [2.45, 2.75) is 19.4 Å². The second kappa shape index (κ2) is 6.36. The summed E-state index contributed by atoms with van der Waals surface area (Å²) in [6, 6.07) is 10.4. The number of methoxy groups -OCH3 is 1. The van der Waals surface area contributed by atoms with Gasteiger partial charge in [0.1, 0.15) is 0 Å². The molecule has 1 aromatic carbocycles. The van der Waals surface area contributed by atoms with E-state index in [1.54, 1.807) is 6.08 Å². The van der Waals surface area contributed by atoms with Crippen LogP contribution in [-0.2, 0) is 16.1 Å². The van der Waals surface area contributed by atoms with Gasteiger partial charge < -0.3 is 4.74 Å². The lowest BCUT2D eigenvalue weighted by Gasteiger charge is -2.28. The van der Waals surface area contributed by atoms with Crippen LogP contribution in [0.3, 0.4) is 0 Å². The van der Waals surface area contributed by atoms with E-state index in [0.29, 0.717) is 0 Å². The first-order valence-corrected chi connectivity index (χ1v) is 6.31. The molecule has 0 aromatic heterocycles. The molecule has 0 aliphatic carbocycles. The number of ether oxygens (including phenoxy) is 1. The lowest BCUT2D eigenvalue weighted by atomic mass is 10.0.